The lowest BCUT2D eigenvalue weighted by atomic mass is 10.4. The van der Waals surface area contributed by atoms with E-state index in [-0.39, 0.29) is 18.2 Å². The number of hydrogen-bond acceptors (Lipinski definition) is 4. The summed E-state index contributed by atoms with van der Waals surface area (Å²) in [5.41, 5.74) is 6.18. The molecule has 0 saturated heterocycles. The molecule has 0 aliphatic rings. The number of amides is 1. The maximum Gasteiger partial charge on any atom is 0.267 e. The number of hydrogen-bond donors (Lipinski definition) is 4. The lowest BCUT2D eigenvalue weighted by Crippen LogP contribution is -2.33. The Bertz CT molecular complexity index is 465. The number of nitrogens with two attached hydrogens (primary N) is 1. The molecule has 0 aliphatic carbocycles. The number of rotatable bonds is 5. The molecular formula is C8H14N4O3S. The summed E-state index contributed by atoms with van der Waals surface area (Å²) in [7, 11) is -1.97. The Morgan fingerprint density at radius 3 is 2.75 bits per heavy atom. The van der Waals surface area contributed by atoms with Crippen LogP contribution < -0.4 is 15.8 Å². The highest BCUT2D eigenvalue weighted by molar-refractivity contribution is 7.89. The molecule has 1 aromatic heterocycles. The van der Waals surface area contributed by atoms with Gasteiger partial charge in [-0.2, -0.15) is 0 Å². The van der Waals surface area contributed by atoms with Crippen molar-refractivity contribution in [3.8, 4) is 0 Å². The molecule has 0 radical (unpaired) electrons. The van der Waals surface area contributed by atoms with Gasteiger partial charge in [0.1, 0.15) is 5.69 Å². The van der Waals surface area contributed by atoms with Gasteiger partial charge in [-0.3, -0.25) is 4.79 Å². The van der Waals surface area contributed by atoms with Crippen LogP contribution in [0.1, 0.15) is 10.5 Å². The first-order valence-electron chi connectivity index (χ1n) is 4.58. The van der Waals surface area contributed by atoms with Crippen molar-refractivity contribution >= 4 is 21.6 Å². The third kappa shape index (κ3) is 3.55. The van der Waals surface area contributed by atoms with Crippen molar-refractivity contribution < 1.29 is 13.2 Å². The van der Waals surface area contributed by atoms with Crippen LogP contribution in [-0.4, -0.2) is 38.7 Å². The van der Waals surface area contributed by atoms with E-state index >= 15 is 0 Å². The van der Waals surface area contributed by atoms with E-state index in [1.807, 2.05) is 0 Å². The van der Waals surface area contributed by atoms with Gasteiger partial charge in [0, 0.05) is 18.4 Å². The summed E-state index contributed by atoms with van der Waals surface area (Å²) in [6.07, 6.45) is 1.49. The predicted octanol–water partition coefficient (Wildman–Crippen LogP) is -1.12. The maximum absolute atomic E-state index is 11.4. The van der Waals surface area contributed by atoms with Crippen molar-refractivity contribution in [2.75, 3.05) is 25.1 Å². The number of carbonyl (C=O) groups is 1. The van der Waals surface area contributed by atoms with E-state index in [1.165, 1.54) is 19.3 Å². The van der Waals surface area contributed by atoms with Gasteiger partial charge < -0.3 is 16.0 Å². The van der Waals surface area contributed by atoms with E-state index in [1.54, 1.807) is 0 Å². The largest absolute Gasteiger partial charge is 0.397 e. The fourth-order valence-electron chi connectivity index (χ4n) is 1.04. The van der Waals surface area contributed by atoms with Gasteiger partial charge in [-0.15, -0.1) is 0 Å². The summed E-state index contributed by atoms with van der Waals surface area (Å²) >= 11 is 0. The lowest BCUT2D eigenvalue weighted by Gasteiger charge is -2.04. The minimum absolute atomic E-state index is 0.0426. The topological polar surface area (TPSA) is 117 Å². The summed E-state index contributed by atoms with van der Waals surface area (Å²) in [6.45, 7) is 0.0426. The van der Waals surface area contributed by atoms with Crippen LogP contribution in [0.5, 0.6) is 0 Å². The smallest absolute Gasteiger partial charge is 0.267 e. The van der Waals surface area contributed by atoms with Gasteiger partial charge in [0.05, 0.1) is 5.75 Å². The first-order valence-corrected chi connectivity index (χ1v) is 6.23. The van der Waals surface area contributed by atoms with Crippen LogP contribution in [0.25, 0.3) is 0 Å². The molecule has 0 aliphatic heterocycles. The number of sulfonamides is 1. The Morgan fingerprint density at radius 2 is 2.25 bits per heavy atom. The SMILES string of the molecule is CNS(=O)(=O)CCNC(=O)c1cc(N)c[nH]1. The molecule has 0 aromatic carbocycles. The van der Waals surface area contributed by atoms with E-state index < -0.39 is 10.0 Å². The summed E-state index contributed by atoms with van der Waals surface area (Å²) < 4.78 is 24.2. The minimum Gasteiger partial charge on any atom is -0.397 e. The summed E-state index contributed by atoms with van der Waals surface area (Å²) in [4.78, 5) is 14.1. The fraction of sp³-hybridized carbons (Fsp3) is 0.375. The Hall–Kier alpha value is -1.54. The molecular weight excluding hydrogens is 232 g/mol. The quantitative estimate of drug-likeness (QED) is 0.526. The standard InChI is InChI=1S/C8H14N4O3S/c1-10-16(14,15)3-2-11-8(13)7-4-6(9)5-12-7/h4-5,10,12H,2-3,9H2,1H3,(H,11,13). The monoisotopic (exact) mass is 246 g/mol. The number of carbonyl (C=O) groups excluding carboxylic acids is 1. The number of nitrogens with one attached hydrogen (secondary N) is 3. The van der Waals surface area contributed by atoms with Crippen molar-refractivity contribution in [1.82, 2.24) is 15.0 Å². The first-order chi connectivity index (χ1) is 7.44. The maximum atomic E-state index is 11.4. The Kier molecular flexibility index (Phi) is 3.91. The third-order valence-electron chi connectivity index (χ3n) is 1.92. The molecule has 1 amide bonds. The van der Waals surface area contributed by atoms with Gasteiger partial charge >= 0.3 is 0 Å². The number of aromatic nitrogens is 1. The molecule has 0 saturated carbocycles. The Morgan fingerprint density at radius 1 is 1.56 bits per heavy atom. The normalized spacial score (nSPS) is 11.3. The zero-order chi connectivity index (χ0) is 12.2. The van der Waals surface area contributed by atoms with Crippen molar-refractivity contribution in [3.63, 3.8) is 0 Å². The van der Waals surface area contributed by atoms with Gasteiger partial charge in [0.25, 0.3) is 5.91 Å². The average Bonchev–Trinajstić information content (AvgIpc) is 2.64. The van der Waals surface area contributed by atoms with Crippen molar-refractivity contribution in [1.29, 1.82) is 0 Å². The first kappa shape index (κ1) is 12.5. The molecule has 16 heavy (non-hydrogen) atoms. The number of anilines is 1. The fourth-order valence-corrected chi connectivity index (χ4v) is 1.61. The molecule has 0 unspecified atom stereocenters. The Labute approximate surface area is 93.5 Å². The highest BCUT2D eigenvalue weighted by Crippen LogP contribution is 2.03. The summed E-state index contributed by atoms with van der Waals surface area (Å²) in [6, 6.07) is 1.47. The van der Waals surface area contributed by atoms with Crippen LogP contribution in [0.15, 0.2) is 12.3 Å². The van der Waals surface area contributed by atoms with Crippen LogP contribution in [0.2, 0.25) is 0 Å². The van der Waals surface area contributed by atoms with E-state index in [0.29, 0.717) is 11.4 Å². The van der Waals surface area contributed by atoms with Crippen LogP contribution >= 0.6 is 0 Å². The average molecular weight is 246 g/mol. The van der Waals surface area contributed by atoms with E-state index in [2.05, 4.69) is 15.0 Å². The molecule has 0 bridgehead atoms. The molecule has 90 valence electrons. The highest BCUT2D eigenvalue weighted by Gasteiger charge is 2.10. The second-order valence-electron chi connectivity index (χ2n) is 3.13. The Balaban J connectivity index is 2.43. The van der Waals surface area contributed by atoms with Crippen molar-refractivity contribution in [2.24, 2.45) is 0 Å². The van der Waals surface area contributed by atoms with E-state index in [9.17, 15) is 13.2 Å². The van der Waals surface area contributed by atoms with Gasteiger partial charge in [-0.25, -0.2) is 13.1 Å². The van der Waals surface area contributed by atoms with Crippen LogP contribution in [0.3, 0.4) is 0 Å². The van der Waals surface area contributed by atoms with Gasteiger partial charge in [-0.05, 0) is 13.1 Å². The molecule has 8 heteroatoms. The minimum atomic E-state index is -3.29. The molecule has 7 nitrogen and oxygen atoms in total. The number of H-pyrrole nitrogens is 1. The molecule has 0 fully saturated rings. The summed E-state index contributed by atoms with van der Waals surface area (Å²) in [5.74, 6) is -0.547. The second-order valence-corrected chi connectivity index (χ2v) is 5.17. The molecule has 1 rings (SSSR count). The third-order valence-corrected chi connectivity index (χ3v) is 3.28. The van der Waals surface area contributed by atoms with Crippen LogP contribution in [-0.2, 0) is 10.0 Å². The van der Waals surface area contributed by atoms with Gasteiger partial charge in [0.15, 0.2) is 0 Å². The zero-order valence-corrected chi connectivity index (χ0v) is 9.60. The predicted molar refractivity (Wildman–Crippen MR) is 60.4 cm³/mol. The molecule has 0 atom stereocenters. The van der Waals surface area contributed by atoms with Crippen LogP contribution in [0, 0.1) is 0 Å². The van der Waals surface area contributed by atoms with Crippen LogP contribution in [0.4, 0.5) is 5.69 Å². The van der Waals surface area contributed by atoms with Crippen molar-refractivity contribution in [2.45, 2.75) is 0 Å². The molecule has 0 spiro atoms. The second kappa shape index (κ2) is 4.99. The van der Waals surface area contributed by atoms with Crippen molar-refractivity contribution in [3.05, 3.63) is 18.0 Å². The van der Waals surface area contributed by atoms with Gasteiger partial charge in [-0.1, -0.05) is 0 Å². The molecule has 1 heterocycles. The number of nitrogen functional groups attached to an aromatic ring is 1. The molecule has 5 N–H and O–H groups in total. The number of aromatic amines is 1. The lowest BCUT2D eigenvalue weighted by molar-refractivity contribution is 0.0952. The highest BCUT2D eigenvalue weighted by atomic mass is 32.2. The van der Waals surface area contributed by atoms with E-state index in [0.717, 1.165) is 0 Å². The zero-order valence-electron chi connectivity index (χ0n) is 8.78. The summed E-state index contributed by atoms with van der Waals surface area (Å²) in [5, 5.41) is 2.46. The van der Waals surface area contributed by atoms with Gasteiger partial charge in [0.2, 0.25) is 10.0 Å². The molecule has 1 aromatic rings. The van der Waals surface area contributed by atoms with E-state index in [4.69, 9.17) is 5.73 Å².